The number of ether oxygens (including phenoxy) is 4. The minimum absolute atomic E-state index is 0.108. The molecule has 2 aliphatic rings. The number of anilines is 1. The van der Waals surface area contributed by atoms with Gasteiger partial charge in [0.2, 0.25) is 11.7 Å². The maximum absolute atomic E-state index is 12.4. The number of rotatable bonds is 11. The summed E-state index contributed by atoms with van der Waals surface area (Å²) in [6, 6.07) is 17.4. The van der Waals surface area contributed by atoms with Crippen LogP contribution >= 0.6 is 23.2 Å². The normalized spacial score (nSPS) is 16.4. The van der Waals surface area contributed by atoms with Crippen molar-refractivity contribution in [3.05, 3.63) is 105 Å². The van der Waals surface area contributed by atoms with Crippen molar-refractivity contribution in [2.45, 2.75) is 52.9 Å². The van der Waals surface area contributed by atoms with Crippen LogP contribution in [-0.2, 0) is 31.4 Å². The Morgan fingerprint density at radius 2 is 1.63 bits per heavy atom. The number of aromatic nitrogens is 2. The summed E-state index contributed by atoms with van der Waals surface area (Å²) in [5.41, 5.74) is 4.53. The molecule has 0 saturated carbocycles. The number of piperazine rings is 1. The average molecular weight is 737 g/mol. The first-order valence-electron chi connectivity index (χ1n) is 17.3. The molecule has 1 unspecified atom stereocenters. The third-order valence-electron chi connectivity index (χ3n) is 9.50. The molecular formula is C39H45Cl2N4O6+. The molecule has 270 valence electrons. The second-order valence-electron chi connectivity index (χ2n) is 13.4. The van der Waals surface area contributed by atoms with E-state index in [1.807, 2.05) is 87.5 Å². The van der Waals surface area contributed by atoms with Gasteiger partial charge in [0, 0.05) is 49.4 Å². The van der Waals surface area contributed by atoms with E-state index in [0.29, 0.717) is 60.0 Å². The summed E-state index contributed by atoms with van der Waals surface area (Å²) < 4.78 is 27.4. The quantitative estimate of drug-likeness (QED) is 0.106. The zero-order chi connectivity index (χ0) is 36.3. The van der Waals surface area contributed by atoms with Crippen LogP contribution in [-0.4, -0.2) is 67.8 Å². The van der Waals surface area contributed by atoms with Crippen LogP contribution in [0.15, 0.2) is 67.0 Å². The number of amides is 1. The lowest BCUT2D eigenvalue weighted by molar-refractivity contribution is -0.697. The molecule has 3 aromatic carbocycles. The Kier molecular flexibility index (Phi) is 11.3. The van der Waals surface area contributed by atoms with Gasteiger partial charge in [-0.05, 0) is 79.1 Å². The predicted octanol–water partition coefficient (Wildman–Crippen LogP) is 6.57. The summed E-state index contributed by atoms with van der Waals surface area (Å²) >= 11 is 13.2. The van der Waals surface area contributed by atoms with Crippen LogP contribution in [0.4, 0.5) is 5.69 Å². The monoisotopic (exact) mass is 735 g/mol. The van der Waals surface area contributed by atoms with Crippen molar-refractivity contribution < 1.29 is 33.1 Å². The number of nitrogens with zero attached hydrogens (tertiary/aromatic N) is 3. The standard InChI is InChI=1S/C39H44Cl2N4O6/c1-25(2)38(47)51-36-26(3)20-29(21-27(36)4)23-45-13-12-42-37(45)34(39(49-18-19-50-39)33-11-6-30(40)22-35(33)41)24-48-32-9-7-31(8-10-32)44-16-14-43(15-17-44)28(5)46/h6-13,20-22,25,34H,14-19,23-24H2,1-5H3/p+1. The molecule has 0 aliphatic carbocycles. The van der Waals surface area contributed by atoms with Gasteiger partial charge in [0.05, 0.1) is 24.2 Å². The Balaban J connectivity index is 1.30. The van der Waals surface area contributed by atoms with E-state index in [9.17, 15) is 9.59 Å². The molecule has 2 saturated heterocycles. The lowest BCUT2D eigenvalue weighted by Gasteiger charge is -2.35. The first-order valence-corrected chi connectivity index (χ1v) is 18.1. The van der Waals surface area contributed by atoms with Gasteiger partial charge in [0.1, 0.15) is 37.0 Å². The maximum atomic E-state index is 12.4. The van der Waals surface area contributed by atoms with Crippen molar-refractivity contribution >= 4 is 40.8 Å². The Morgan fingerprint density at radius 3 is 2.24 bits per heavy atom. The first kappa shape index (κ1) is 36.7. The summed E-state index contributed by atoms with van der Waals surface area (Å²) in [6.45, 7) is 13.6. The molecule has 10 nitrogen and oxygen atoms in total. The van der Waals surface area contributed by atoms with Gasteiger partial charge in [0.15, 0.2) is 5.92 Å². The van der Waals surface area contributed by atoms with E-state index in [0.717, 1.165) is 41.3 Å². The maximum Gasteiger partial charge on any atom is 0.313 e. The van der Waals surface area contributed by atoms with Crippen molar-refractivity contribution in [2.24, 2.45) is 5.92 Å². The molecule has 0 bridgehead atoms. The Morgan fingerprint density at radius 1 is 0.961 bits per heavy atom. The smallest absolute Gasteiger partial charge is 0.313 e. The number of hydrogen-bond donors (Lipinski definition) is 1. The summed E-state index contributed by atoms with van der Waals surface area (Å²) in [6.07, 6.45) is 3.86. The molecule has 1 aromatic heterocycles. The number of carbonyl (C=O) groups excluding carboxylic acids is 2. The largest absolute Gasteiger partial charge is 0.492 e. The minimum atomic E-state index is -1.27. The van der Waals surface area contributed by atoms with Crippen molar-refractivity contribution in [1.29, 1.82) is 0 Å². The number of imidazole rings is 1. The third kappa shape index (κ3) is 8.04. The molecule has 0 spiro atoms. The fourth-order valence-electron chi connectivity index (χ4n) is 6.85. The van der Waals surface area contributed by atoms with Crippen LogP contribution in [0.5, 0.6) is 11.5 Å². The molecule has 2 aliphatic heterocycles. The fourth-order valence-corrected chi connectivity index (χ4v) is 7.39. The van der Waals surface area contributed by atoms with Crippen molar-refractivity contribution in [3.63, 3.8) is 0 Å². The average Bonchev–Trinajstić information content (AvgIpc) is 3.78. The highest BCUT2D eigenvalue weighted by atomic mass is 35.5. The van der Waals surface area contributed by atoms with E-state index in [4.69, 9.17) is 42.1 Å². The van der Waals surface area contributed by atoms with Crippen LogP contribution < -0.4 is 18.9 Å². The Labute approximate surface area is 309 Å². The van der Waals surface area contributed by atoms with Crippen LogP contribution in [0.1, 0.15) is 54.8 Å². The molecule has 3 heterocycles. The first-order chi connectivity index (χ1) is 24.4. The van der Waals surface area contributed by atoms with Gasteiger partial charge in [-0.2, -0.15) is 0 Å². The number of benzene rings is 3. The van der Waals surface area contributed by atoms with Crippen LogP contribution in [0.2, 0.25) is 10.0 Å². The molecular weight excluding hydrogens is 691 g/mol. The highest BCUT2D eigenvalue weighted by Crippen LogP contribution is 2.46. The zero-order valence-corrected chi connectivity index (χ0v) is 31.2. The number of esters is 1. The summed E-state index contributed by atoms with van der Waals surface area (Å²) in [4.78, 5) is 31.8. The molecule has 1 N–H and O–H groups in total. The van der Waals surface area contributed by atoms with E-state index < -0.39 is 11.7 Å². The third-order valence-corrected chi connectivity index (χ3v) is 10.0. The number of aromatic amines is 1. The topological polar surface area (TPSA) is 97.2 Å². The molecule has 2 fully saturated rings. The van der Waals surface area contributed by atoms with Crippen LogP contribution in [0, 0.1) is 19.8 Å². The number of nitrogens with one attached hydrogen (secondary N) is 1. The molecule has 1 atom stereocenters. The van der Waals surface area contributed by atoms with Gasteiger partial charge in [-0.3, -0.25) is 9.59 Å². The van der Waals surface area contributed by atoms with Gasteiger partial charge in [-0.25, -0.2) is 9.55 Å². The van der Waals surface area contributed by atoms with Gasteiger partial charge in [-0.15, -0.1) is 0 Å². The number of aryl methyl sites for hydroxylation is 2. The molecule has 51 heavy (non-hydrogen) atoms. The summed E-state index contributed by atoms with van der Waals surface area (Å²) in [7, 11) is 0. The van der Waals surface area contributed by atoms with E-state index >= 15 is 0 Å². The van der Waals surface area contributed by atoms with Gasteiger partial charge in [-0.1, -0.05) is 43.1 Å². The number of hydrogen-bond acceptors (Lipinski definition) is 7. The predicted molar refractivity (Wildman–Crippen MR) is 196 cm³/mol. The molecule has 12 heteroatoms. The minimum Gasteiger partial charge on any atom is -0.492 e. The Bertz CT molecular complexity index is 1840. The number of halogens is 2. The molecule has 0 radical (unpaired) electrons. The van der Waals surface area contributed by atoms with Crippen LogP contribution in [0.3, 0.4) is 0 Å². The molecule has 4 aromatic rings. The van der Waals surface area contributed by atoms with Gasteiger partial charge < -0.3 is 28.7 Å². The lowest BCUT2D eigenvalue weighted by Crippen LogP contribution is -2.48. The summed E-state index contributed by atoms with van der Waals surface area (Å²) in [5, 5.41) is 0.940. The summed E-state index contributed by atoms with van der Waals surface area (Å²) in [5.74, 6) is -0.0509. The Hall–Kier alpha value is -4.09. The molecule has 6 rings (SSSR count). The van der Waals surface area contributed by atoms with Gasteiger partial charge >= 0.3 is 5.97 Å². The highest BCUT2D eigenvalue weighted by Gasteiger charge is 2.52. The van der Waals surface area contributed by atoms with Crippen molar-refractivity contribution in [3.8, 4) is 11.5 Å². The zero-order valence-electron chi connectivity index (χ0n) is 29.7. The van der Waals surface area contributed by atoms with E-state index in [1.165, 1.54) is 0 Å². The van der Waals surface area contributed by atoms with Gasteiger partial charge in [0.25, 0.3) is 5.82 Å². The second kappa shape index (κ2) is 15.7. The number of H-pyrrole nitrogens is 1. The SMILES string of the molecule is CC(=O)N1CCN(c2ccc(OCC(c3[nH]cc[n+]3Cc3cc(C)c(OC(=O)C(C)C)c(C)c3)C3(c4ccc(Cl)cc4Cl)OCCO3)cc2)CC1. The fraction of sp³-hybridized carbons (Fsp3) is 0.410. The van der Waals surface area contributed by atoms with E-state index in [1.54, 1.807) is 19.1 Å². The van der Waals surface area contributed by atoms with E-state index in [-0.39, 0.29) is 24.4 Å². The van der Waals surface area contributed by atoms with Crippen molar-refractivity contribution in [2.75, 3.05) is 50.9 Å². The highest BCUT2D eigenvalue weighted by molar-refractivity contribution is 6.35. The van der Waals surface area contributed by atoms with Crippen LogP contribution in [0.25, 0.3) is 0 Å². The second-order valence-corrected chi connectivity index (χ2v) is 14.3. The lowest BCUT2D eigenvalue weighted by atomic mass is 9.90. The molecule has 1 amide bonds. The van der Waals surface area contributed by atoms with E-state index in [2.05, 4.69) is 14.5 Å². The number of carbonyl (C=O) groups is 2. The van der Waals surface area contributed by atoms with Crippen molar-refractivity contribution in [1.82, 2.24) is 9.88 Å².